The van der Waals surface area contributed by atoms with Crippen LogP contribution in [0.25, 0.3) is 0 Å². The molecule has 0 atom stereocenters. The fraction of sp³-hybridized carbons (Fsp3) is 0.312. The van der Waals surface area contributed by atoms with E-state index in [0.717, 1.165) is 43.4 Å². The first kappa shape index (κ1) is 15.1. The van der Waals surface area contributed by atoms with Gasteiger partial charge < -0.3 is 5.32 Å². The molecule has 116 valence electrons. The maximum absolute atomic E-state index is 12.7. The van der Waals surface area contributed by atoms with Crippen molar-refractivity contribution in [2.75, 3.05) is 5.32 Å². The van der Waals surface area contributed by atoms with Crippen molar-refractivity contribution in [3.8, 4) is 0 Å². The zero-order chi connectivity index (χ0) is 15.7. The van der Waals surface area contributed by atoms with Gasteiger partial charge in [0.1, 0.15) is 0 Å². The number of nitrogens with one attached hydrogen (secondary N) is 1. The fourth-order valence-electron chi connectivity index (χ4n) is 2.66. The number of anilines is 1. The van der Waals surface area contributed by atoms with Gasteiger partial charge in [0.2, 0.25) is 0 Å². The standard InChI is InChI=1S/C16H14F3NOS/c17-16(18,19)10-4-3-5-11(8-10)20-15(21)13-9-22-14-7-2-1-6-12(13)14/h3-5,8-9H,1-2,6-7H2,(H,20,21). The summed E-state index contributed by atoms with van der Waals surface area (Å²) in [6, 6.07) is 4.70. The minimum absolute atomic E-state index is 0.163. The first-order valence-corrected chi connectivity index (χ1v) is 7.91. The number of fused-ring (bicyclic) bond motifs is 1. The summed E-state index contributed by atoms with van der Waals surface area (Å²) in [7, 11) is 0. The molecule has 0 fully saturated rings. The summed E-state index contributed by atoms with van der Waals surface area (Å²) in [5.74, 6) is -0.335. The highest BCUT2D eigenvalue weighted by molar-refractivity contribution is 7.10. The second-order valence-electron chi connectivity index (χ2n) is 5.29. The maximum atomic E-state index is 12.7. The second kappa shape index (κ2) is 5.76. The summed E-state index contributed by atoms with van der Waals surface area (Å²) in [5.41, 5.74) is 1.05. The molecule has 6 heteroatoms. The van der Waals surface area contributed by atoms with Gasteiger partial charge in [0, 0.05) is 15.9 Å². The molecule has 22 heavy (non-hydrogen) atoms. The van der Waals surface area contributed by atoms with Crippen molar-refractivity contribution in [3.63, 3.8) is 0 Å². The van der Waals surface area contributed by atoms with E-state index in [1.54, 1.807) is 16.7 Å². The van der Waals surface area contributed by atoms with Gasteiger partial charge in [-0.05, 0) is 49.4 Å². The SMILES string of the molecule is O=C(Nc1cccc(C(F)(F)F)c1)c1csc2c1CCCC2. The average Bonchev–Trinajstić information content (AvgIpc) is 2.90. The van der Waals surface area contributed by atoms with Crippen LogP contribution in [-0.2, 0) is 19.0 Å². The topological polar surface area (TPSA) is 29.1 Å². The Balaban J connectivity index is 1.82. The Kier molecular flexibility index (Phi) is 3.95. The molecule has 0 spiro atoms. The van der Waals surface area contributed by atoms with E-state index in [0.29, 0.717) is 5.56 Å². The normalized spacial score (nSPS) is 14.5. The maximum Gasteiger partial charge on any atom is 0.416 e. The van der Waals surface area contributed by atoms with Crippen LogP contribution in [0, 0.1) is 0 Å². The van der Waals surface area contributed by atoms with E-state index in [1.165, 1.54) is 17.0 Å². The quantitative estimate of drug-likeness (QED) is 0.836. The predicted octanol–water partition coefficient (Wildman–Crippen LogP) is 4.90. The third-order valence-corrected chi connectivity index (χ3v) is 4.84. The monoisotopic (exact) mass is 325 g/mol. The molecule has 2 aromatic rings. The van der Waals surface area contributed by atoms with Gasteiger partial charge in [-0.2, -0.15) is 13.2 Å². The van der Waals surface area contributed by atoms with E-state index in [4.69, 9.17) is 0 Å². The van der Waals surface area contributed by atoms with Crippen molar-refractivity contribution in [1.82, 2.24) is 0 Å². The molecule has 0 bridgehead atoms. The van der Waals surface area contributed by atoms with Crippen LogP contribution in [0.5, 0.6) is 0 Å². The number of carbonyl (C=O) groups is 1. The Morgan fingerprint density at radius 3 is 2.73 bits per heavy atom. The molecule has 1 heterocycles. The highest BCUT2D eigenvalue weighted by Gasteiger charge is 2.30. The Labute approximate surface area is 130 Å². The van der Waals surface area contributed by atoms with E-state index >= 15 is 0 Å². The van der Waals surface area contributed by atoms with E-state index in [2.05, 4.69) is 5.32 Å². The molecule has 1 aromatic heterocycles. The summed E-state index contributed by atoms with van der Waals surface area (Å²) in [6.45, 7) is 0. The number of alkyl halides is 3. The van der Waals surface area contributed by atoms with Gasteiger partial charge >= 0.3 is 6.18 Å². The number of halogens is 3. The van der Waals surface area contributed by atoms with Crippen LogP contribution in [0.4, 0.5) is 18.9 Å². The number of rotatable bonds is 2. The molecule has 1 aliphatic carbocycles. The smallest absolute Gasteiger partial charge is 0.322 e. The molecule has 1 aliphatic rings. The molecular formula is C16H14F3NOS. The molecule has 0 saturated carbocycles. The van der Waals surface area contributed by atoms with Crippen LogP contribution < -0.4 is 5.32 Å². The lowest BCUT2D eigenvalue weighted by Gasteiger charge is -2.13. The van der Waals surface area contributed by atoms with E-state index < -0.39 is 11.7 Å². The molecule has 0 unspecified atom stereocenters. The zero-order valence-electron chi connectivity index (χ0n) is 11.7. The predicted molar refractivity (Wildman–Crippen MR) is 80.4 cm³/mol. The molecular weight excluding hydrogens is 311 g/mol. The molecule has 1 aromatic carbocycles. The largest absolute Gasteiger partial charge is 0.416 e. The van der Waals surface area contributed by atoms with Gasteiger partial charge in [0.15, 0.2) is 0 Å². The van der Waals surface area contributed by atoms with Crippen LogP contribution in [-0.4, -0.2) is 5.91 Å². The van der Waals surface area contributed by atoms with Gasteiger partial charge in [-0.3, -0.25) is 4.79 Å². The van der Waals surface area contributed by atoms with Crippen LogP contribution in [0.3, 0.4) is 0 Å². The minimum atomic E-state index is -4.41. The van der Waals surface area contributed by atoms with Gasteiger partial charge in [0.05, 0.1) is 11.1 Å². The number of benzene rings is 1. The number of hydrogen-bond donors (Lipinski definition) is 1. The Morgan fingerprint density at radius 1 is 1.18 bits per heavy atom. The van der Waals surface area contributed by atoms with Crippen molar-refractivity contribution in [2.45, 2.75) is 31.9 Å². The van der Waals surface area contributed by atoms with Gasteiger partial charge in [-0.25, -0.2) is 0 Å². The molecule has 0 aliphatic heterocycles. The molecule has 3 rings (SSSR count). The number of aryl methyl sites for hydroxylation is 1. The fourth-order valence-corrected chi connectivity index (χ4v) is 3.78. The first-order valence-electron chi connectivity index (χ1n) is 7.03. The second-order valence-corrected chi connectivity index (χ2v) is 6.26. The van der Waals surface area contributed by atoms with Crippen molar-refractivity contribution in [3.05, 3.63) is 51.2 Å². The summed E-state index contributed by atoms with van der Waals surface area (Å²) in [4.78, 5) is 13.5. The molecule has 2 nitrogen and oxygen atoms in total. The van der Waals surface area contributed by atoms with Gasteiger partial charge in [-0.1, -0.05) is 6.07 Å². The Morgan fingerprint density at radius 2 is 1.95 bits per heavy atom. The highest BCUT2D eigenvalue weighted by Crippen LogP contribution is 2.32. The van der Waals surface area contributed by atoms with E-state index in [1.807, 2.05) is 0 Å². The first-order chi connectivity index (χ1) is 10.4. The summed E-state index contributed by atoms with van der Waals surface area (Å²) < 4.78 is 38.1. The van der Waals surface area contributed by atoms with Crippen LogP contribution in [0.15, 0.2) is 29.6 Å². The van der Waals surface area contributed by atoms with E-state index in [-0.39, 0.29) is 11.6 Å². The van der Waals surface area contributed by atoms with Crippen molar-refractivity contribution in [2.24, 2.45) is 0 Å². The molecule has 0 radical (unpaired) electrons. The minimum Gasteiger partial charge on any atom is -0.322 e. The third-order valence-electron chi connectivity index (χ3n) is 3.75. The summed E-state index contributed by atoms with van der Waals surface area (Å²) >= 11 is 1.56. The number of thiophene rings is 1. The summed E-state index contributed by atoms with van der Waals surface area (Å²) in [6.07, 6.45) is -0.390. The Bertz CT molecular complexity index is 706. The lowest BCUT2D eigenvalue weighted by Crippen LogP contribution is -2.15. The highest BCUT2D eigenvalue weighted by atomic mass is 32.1. The average molecular weight is 325 g/mol. The van der Waals surface area contributed by atoms with Crippen LogP contribution >= 0.6 is 11.3 Å². The Hall–Kier alpha value is -1.82. The summed E-state index contributed by atoms with van der Waals surface area (Å²) in [5, 5.41) is 4.38. The molecule has 1 N–H and O–H groups in total. The molecule has 1 amide bonds. The van der Waals surface area contributed by atoms with E-state index in [9.17, 15) is 18.0 Å². The van der Waals surface area contributed by atoms with Crippen LogP contribution in [0.2, 0.25) is 0 Å². The lowest BCUT2D eigenvalue weighted by atomic mass is 9.95. The zero-order valence-corrected chi connectivity index (χ0v) is 12.5. The number of amides is 1. The van der Waals surface area contributed by atoms with Crippen molar-refractivity contribution in [1.29, 1.82) is 0 Å². The molecule has 0 saturated heterocycles. The number of carbonyl (C=O) groups excluding carboxylic acids is 1. The van der Waals surface area contributed by atoms with Crippen molar-refractivity contribution < 1.29 is 18.0 Å². The van der Waals surface area contributed by atoms with Crippen molar-refractivity contribution >= 4 is 22.9 Å². The number of hydrogen-bond acceptors (Lipinski definition) is 2. The van der Waals surface area contributed by atoms with Gasteiger partial charge in [-0.15, -0.1) is 11.3 Å². The lowest BCUT2D eigenvalue weighted by molar-refractivity contribution is -0.137. The van der Waals surface area contributed by atoms with Crippen LogP contribution in [0.1, 0.15) is 39.2 Å². The van der Waals surface area contributed by atoms with Gasteiger partial charge in [0.25, 0.3) is 5.91 Å². The third kappa shape index (κ3) is 3.02.